The first-order valence-corrected chi connectivity index (χ1v) is 14.5. The first-order chi connectivity index (χ1) is 21.4. The Morgan fingerprint density at radius 1 is 0.705 bits per heavy atom. The largest absolute Gasteiger partial charge is 0.493 e. The van der Waals surface area contributed by atoms with Crippen molar-refractivity contribution in [3.63, 3.8) is 0 Å². The second-order valence-electron chi connectivity index (χ2n) is 10.5. The first-order valence-electron chi connectivity index (χ1n) is 14.2. The topological polar surface area (TPSA) is 94.0 Å². The molecule has 0 amide bonds. The van der Waals surface area contributed by atoms with Crippen molar-refractivity contribution in [2.75, 3.05) is 7.11 Å². The van der Waals surface area contributed by atoms with Gasteiger partial charge in [-0.1, -0.05) is 72.3 Å². The van der Waals surface area contributed by atoms with Crippen molar-refractivity contribution >= 4 is 11.6 Å². The molecule has 6 rings (SSSR count). The van der Waals surface area contributed by atoms with E-state index in [9.17, 15) is 9.59 Å². The number of aromatic nitrogens is 4. The first kappa shape index (κ1) is 28.9. The number of halogens is 1. The molecule has 0 radical (unpaired) electrons. The third-order valence-electron chi connectivity index (χ3n) is 7.70. The van der Waals surface area contributed by atoms with Crippen LogP contribution < -0.4 is 20.6 Å². The van der Waals surface area contributed by atoms with Gasteiger partial charge in [0.05, 0.1) is 29.6 Å². The van der Waals surface area contributed by atoms with Crippen molar-refractivity contribution in [2.24, 2.45) is 0 Å². The number of rotatable bonds is 9. The van der Waals surface area contributed by atoms with Gasteiger partial charge in [-0.2, -0.15) is 0 Å². The van der Waals surface area contributed by atoms with E-state index in [0.29, 0.717) is 56.0 Å². The van der Waals surface area contributed by atoms with Gasteiger partial charge in [-0.15, -0.1) is 0 Å². The molecule has 0 unspecified atom stereocenters. The Morgan fingerprint density at radius 2 is 1.23 bits per heavy atom. The van der Waals surface area contributed by atoms with Gasteiger partial charge in [-0.25, -0.2) is 9.36 Å². The highest BCUT2D eigenvalue weighted by atomic mass is 35.5. The molecular formula is C35H31ClN4O4. The van der Waals surface area contributed by atoms with E-state index >= 15 is 0 Å². The summed E-state index contributed by atoms with van der Waals surface area (Å²) in [6, 6.07) is 31.7. The molecule has 0 bridgehead atoms. The number of nitrogens with zero attached hydrogens (tertiary/aromatic N) is 2. The molecule has 0 fully saturated rings. The van der Waals surface area contributed by atoms with Gasteiger partial charge < -0.3 is 9.47 Å². The van der Waals surface area contributed by atoms with Crippen LogP contribution in [0.5, 0.6) is 11.5 Å². The van der Waals surface area contributed by atoms with Crippen molar-refractivity contribution in [1.82, 2.24) is 19.6 Å². The Morgan fingerprint density at radius 3 is 1.75 bits per heavy atom. The molecule has 222 valence electrons. The Kier molecular flexibility index (Phi) is 8.00. The van der Waals surface area contributed by atoms with Crippen LogP contribution in [0.4, 0.5) is 0 Å². The molecule has 8 nitrogen and oxygen atoms in total. The van der Waals surface area contributed by atoms with Crippen LogP contribution in [0.25, 0.3) is 11.4 Å². The Balaban J connectivity index is 1.51. The molecule has 6 aromatic rings. The van der Waals surface area contributed by atoms with Crippen LogP contribution in [0.2, 0.25) is 5.02 Å². The van der Waals surface area contributed by atoms with Crippen LogP contribution in [-0.2, 0) is 6.61 Å². The standard InChI is InChI=1S/C35H31ClN4O4/c1-22-31(34(41)39(37-22)26-13-6-4-7-14-26)33(32-23(2)38-40(35(32)42)27-15-8-5-9-16-27)24-18-19-29(30(20-24)43-3)44-21-25-12-10-11-17-28(25)36/h4-20,33,37-38H,21H2,1-3H3. The maximum Gasteiger partial charge on any atom is 0.275 e. The van der Waals surface area contributed by atoms with E-state index in [0.717, 1.165) is 5.56 Å². The van der Waals surface area contributed by atoms with Crippen molar-refractivity contribution in [3.8, 4) is 22.9 Å². The zero-order valence-corrected chi connectivity index (χ0v) is 25.3. The lowest BCUT2D eigenvalue weighted by Crippen LogP contribution is -2.25. The third-order valence-corrected chi connectivity index (χ3v) is 8.07. The van der Waals surface area contributed by atoms with Gasteiger partial charge in [0.25, 0.3) is 11.1 Å². The van der Waals surface area contributed by atoms with E-state index in [1.165, 1.54) is 9.36 Å². The molecular weight excluding hydrogens is 576 g/mol. The molecule has 0 atom stereocenters. The quantitative estimate of drug-likeness (QED) is 0.192. The molecule has 2 N–H and O–H groups in total. The van der Waals surface area contributed by atoms with Crippen LogP contribution in [-0.4, -0.2) is 26.7 Å². The highest BCUT2D eigenvalue weighted by Crippen LogP contribution is 2.38. The lowest BCUT2D eigenvalue weighted by atomic mass is 9.85. The minimum atomic E-state index is -0.719. The summed E-state index contributed by atoms with van der Waals surface area (Å²) >= 11 is 6.34. The van der Waals surface area contributed by atoms with Crippen molar-refractivity contribution in [2.45, 2.75) is 26.4 Å². The number of hydrogen-bond donors (Lipinski definition) is 2. The monoisotopic (exact) mass is 606 g/mol. The second kappa shape index (κ2) is 12.2. The molecule has 0 spiro atoms. The molecule has 44 heavy (non-hydrogen) atoms. The fourth-order valence-electron chi connectivity index (χ4n) is 5.55. The van der Waals surface area contributed by atoms with Crippen LogP contribution in [0.15, 0.2) is 113 Å². The minimum Gasteiger partial charge on any atom is -0.493 e. The summed E-state index contributed by atoms with van der Waals surface area (Å²) in [5.74, 6) is 0.256. The van der Waals surface area contributed by atoms with Gasteiger partial charge in [0, 0.05) is 27.9 Å². The normalized spacial score (nSPS) is 11.2. The van der Waals surface area contributed by atoms with E-state index in [1.54, 1.807) is 13.2 Å². The average Bonchev–Trinajstić information content (AvgIpc) is 3.51. The number of benzene rings is 4. The molecule has 2 heterocycles. The predicted octanol–water partition coefficient (Wildman–Crippen LogP) is 6.68. The van der Waals surface area contributed by atoms with Crippen LogP contribution in [0.1, 0.15) is 39.6 Å². The summed E-state index contributed by atoms with van der Waals surface area (Å²) in [7, 11) is 1.56. The third kappa shape index (κ3) is 5.36. The second-order valence-corrected chi connectivity index (χ2v) is 10.9. The van der Waals surface area contributed by atoms with Gasteiger partial charge in [0.1, 0.15) is 6.61 Å². The lowest BCUT2D eigenvalue weighted by Gasteiger charge is -2.18. The number of ether oxygens (including phenoxy) is 2. The molecule has 0 saturated carbocycles. The van der Waals surface area contributed by atoms with E-state index in [2.05, 4.69) is 10.2 Å². The highest BCUT2D eigenvalue weighted by Gasteiger charge is 2.31. The molecule has 0 aliphatic rings. The zero-order valence-electron chi connectivity index (χ0n) is 24.5. The van der Waals surface area contributed by atoms with Crippen LogP contribution >= 0.6 is 11.6 Å². The number of H-pyrrole nitrogens is 2. The summed E-state index contributed by atoms with van der Waals surface area (Å²) in [6.45, 7) is 3.94. The molecule has 0 saturated heterocycles. The van der Waals surface area contributed by atoms with Crippen molar-refractivity contribution in [3.05, 3.63) is 163 Å². The van der Waals surface area contributed by atoms with Gasteiger partial charge in [0.2, 0.25) is 0 Å². The van der Waals surface area contributed by atoms with Crippen molar-refractivity contribution in [1.29, 1.82) is 0 Å². The smallest absolute Gasteiger partial charge is 0.275 e. The summed E-state index contributed by atoms with van der Waals surface area (Å²) in [5, 5.41) is 7.06. The molecule has 0 aliphatic carbocycles. The molecule has 0 aliphatic heterocycles. The number of para-hydroxylation sites is 2. The zero-order chi connectivity index (χ0) is 30.8. The fraction of sp³-hybridized carbons (Fsp3) is 0.143. The minimum absolute atomic E-state index is 0.246. The van der Waals surface area contributed by atoms with E-state index in [1.807, 2.05) is 111 Å². The van der Waals surface area contributed by atoms with E-state index < -0.39 is 5.92 Å². The highest BCUT2D eigenvalue weighted by molar-refractivity contribution is 6.31. The maximum atomic E-state index is 14.1. The summed E-state index contributed by atoms with van der Waals surface area (Å²) in [5.41, 5.74) is 4.64. The number of hydrogen-bond acceptors (Lipinski definition) is 4. The molecule has 9 heteroatoms. The van der Waals surface area contributed by atoms with Gasteiger partial charge in [-0.05, 0) is 61.9 Å². The summed E-state index contributed by atoms with van der Waals surface area (Å²) < 4.78 is 14.9. The van der Waals surface area contributed by atoms with Crippen molar-refractivity contribution < 1.29 is 9.47 Å². The number of nitrogens with one attached hydrogen (secondary N) is 2. The van der Waals surface area contributed by atoms with Crippen LogP contribution in [0, 0.1) is 13.8 Å². The van der Waals surface area contributed by atoms with Gasteiger partial charge in [-0.3, -0.25) is 19.8 Å². The Hall–Kier alpha value is -5.21. The van der Waals surface area contributed by atoms with E-state index in [-0.39, 0.29) is 17.7 Å². The van der Waals surface area contributed by atoms with Gasteiger partial charge in [0.15, 0.2) is 11.5 Å². The molecule has 2 aromatic heterocycles. The number of aromatic amines is 2. The van der Waals surface area contributed by atoms with E-state index in [4.69, 9.17) is 21.1 Å². The SMILES string of the molecule is COc1cc(C(c2c(C)[nH]n(-c3ccccc3)c2=O)c2c(C)[nH]n(-c3ccccc3)c2=O)ccc1OCc1ccccc1Cl. The van der Waals surface area contributed by atoms with Gasteiger partial charge >= 0.3 is 0 Å². The summed E-state index contributed by atoms with van der Waals surface area (Å²) in [6.07, 6.45) is 0. The molecule has 4 aromatic carbocycles. The van der Waals surface area contributed by atoms with Crippen LogP contribution in [0.3, 0.4) is 0 Å². The Bertz CT molecular complexity index is 1940. The summed E-state index contributed by atoms with van der Waals surface area (Å²) in [4.78, 5) is 28.3. The number of methoxy groups -OCH3 is 1. The Labute approximate surface area is 259 Å². The predicted molar refractivity (Wildman–Crippen MR) is 172 cm³/mol. The maximum absolute atomic E-state index is 14.1. The number of aryl methyl sites for hydroxylation is 2. The lowest BCUT2D eigenvalue weighted by molar-refractivity contribution is 0.284. The average molecular weight is 607 g/mol. The fourth-order valence-corrected chi connectivity index (χ4v) is 5.74.